The van der Waals surface area contributed by atoms with Crippen molar-refractivity contribution in [2.75, 3.05) is 11.9 Å². The van der Waals surface area contributed by atoms with E-state index in [0.29, 0.717) is 0 Å². The van der Waals surface area contributed by atoms with Crippen LogP contribution in [0.4, 0.5) is 5.82 Å². The van der Waals surface area contributed by atoms with Gasteiger partial charge in [-0.15, -0.1) is 0 Å². The van der Waals surface area contributed by atoms with Gasteiger partial charge in [0, 0.05) is 6.54 Å². The second kappa shape index (κ2) is 5.79. The second-order valence-corrected chi connectivity index (χ2v) is 5.88. The maximum Gasteiger partial charge on any atom is 0.152 e. The first kappa shape index (κ1) is 13.3. The maximum absolute atomic E-state index is 4.77. The van der Waals surface area contributed by atoms with E-state index in [1.54, 1.807) is 5.57 Å². The van der Waals surface area contributed by atoms with Gasteiger partial charge in [-0.25, -0.2) is 9.97 Å². The van der Waals surface area contributed by atoms with E-state index in [4.69, 9.17) is 4.98 Å². The number of rotatable bonds is 4. The van der Waals surface area contributed by atoms with E-state index >= 15 is 0 Å². The average Bonchev–Trinajstić information content (AvgIpc) is 3.06. The highest BCUT2D eigenvalue weighted by Crippen LogP contribution is 2.23. The van der Waals surface area contributed by atoms with Crippen LogP contribution in [-0.4, -0.2) is 20.9 Å². The Morgan fingerprint density at radius 2 is 2.09 bits per heavy atom. The predicted octanol–water partition coefficient (Wildman–Crippen LogP) is 4.18. The Labute approximate surface area is 129 Å². The minimum absolute atomic E-state index is 0.924. The molecule has 1 aromatic carbocycles. The predicted molar refractivity (Wildman–Crippen MR) is 90.2 cm³/mol. The van der Waals surface area contributed by atoms with E-state index in [9.17, 15) is 0 Å². The van der Waals surface area contributed by atoms with Crippen LogP contribution in [0.1, 0.15) is 32.1 Å². The number of allylic oxidation sites excluding steroid dienone is 1. The van der Waals surface area contributed by atoms with Gasteiger partial charge < -0.3 is 5.32 Å². The van der Waals surface area contributed by atoms with E-state index in [1.165, 1.54) is 25.7 Å². The lowest BCUT2D eigenvalue weighted by molar-refractivity contribution is 0.679. The van der Waals surface area contributed by atoms with Gasteiger partial charge in [0.2, 0.25) is 0 Å². The molecule has 0 aliphatic heterocycles. The molecule has 0 bridgehead atoms. The van der Waals surface area contributed by atoms with E-state index in [2.05, 4.69) is 26.8 Å². The Morgan fingerprint density at radius 3 is 3.00 bits per heavy atom. The normalized spacial score (nSPS) is 15.2. The fourth-order valence-electron chi connectivity index (χ4n) is 3.21. The van der Waals surface area contributed by atoms with Crippen LogP contribution in [0.25, 0.3) is 16.6 Å². The molecule has 0 atom stereocenters. The van der Waals surface area contributed by atoms with Crippen LogP contribution in [0, 0.1) is 0 Å². The van der Waals surface area contributed by atoms with Crippen LogP contribution in [0.5, 0.6) is 0 Å². The molecule has 4 nitrogen and oxygen atoms in total. The SMILES string of the molecule is C1=C(CCNc2nc3ccccc3n3cncc23)CCCC1. The van der Waals surface area contributed by atoms with Gasteiger partial charge in [-0.3, -0.25) is 4.40 Å². The van der Waals surface area contributed by atoms with E-state index in [-0.39, 0.29) is 0 Å². The molecule has 0 unspecified atom stereocenters. The van der Waals surface area contributed by atoms with Gasteiger partial charge in [-0.2, -0.15) is 0 Å². The zero-order chi connectivity index (χ0) is 14.8. The monoisotopic (exact) mass is 292 g/mol. The minimum atomic E-state index is 0.924. The number of hydrogen-bond donors (Lipinski definition) is 1. The van der Waals surface area contributed by atoms with Crippen LogP contribution in [0.15, 0.2) is 48.4 Å². The highest BCUT2D eigenvalue weighted by Gasteiger charge is 2.09. The molecule has 0 spiro atoms. The molecular formula is C18H20N4. The van der Waals surface area contributed by atoms with Crippen molar-refractivity contribution in [3.05, 3.63) is 48.4 Å². The Balaban J connectivity index is 1.60. The minimum Gasteiger partial charge on any atom is -0.368 e. The second-order valence-electron chi connectivity index (χ2n) is 5.88. The fourth-order valence-corrected chi connectivity index (χ4v) is 3.21. The van der Waals surface area contributed by atoms with Crippen molar-refractivity contribution in [1.29, 1.82) is 0 Å². The number of hydrogen-bond acceptors (Lipinski definition) is 3. The quantitative estimate of drug-likeness (QED) is 0.733. The number of nitrogens with zero attached hydrogens (tertiary/aromatic N) is 3. The third-order valence-corrected chi connectivity index (χ3v) is 4.38. The molecule has 4 heteroatoms. The molecule has 0 radical (unpaired) electrons. The Hall–Kier alpha value is -2.36. The summed E-state index contributed by atoms with van der Waals surface area (Å²) < 4.78 is 2.10. The van der Waals surface area contributed by atoms with E-state index in [1.807, 2.05) is 30.7 Å². The molecule has 1 aliphatic carbocycles. The van der Waals surface area contributed by atoms with Crippen molar-refractivity contribution < 1.29 is 0 Å². The van der Waals surface area contributed by atoms with Gasteiger partial charge in [0.25, 0.3) is 0 Å². The number of aromatic nitrogens is 3. The summed E-state index contributed by atoms with van der Waals surface area (Å²) >= 11 is 0. The average molecular weight is 292 g/mol. The van der Waals surface area contributed by atoms with Gasteiger partial charge in [-0.05, 0) is 44.2 Å². The maximum atomic E-state index is 4.77. The van der Waals surface area contributed by atoms with Crippen molar-refractivity contribution in [1.82, 2.24) is 14.4 Å². The van der Waals surface area contributed by atoms with Crippen LogP contribution in [0.3, 0.4) is 0 Å². The lowest BCUT2D eigenvalue weighted by Gasteiger charge is -2.14. The number of benzene rings is 1. The summed E-state index contributed by atoms with van der Waals surface area (Å²) in [6, 6.07) is 8.18. The molecule has 0 amide bonds. The zero-order valence-electron chi connectivity index (χ0n) is 12.6. The van der Waals surface area contributed by atoms with Crippen molar-refractivity contribution in [2.24, 2.45) is 0 Å². The molecule has 3 aromatic rings. The molecule has 2 heterocycles. The van der Waals surface area contributed by atoms with Crippen LogP contribution < -0.4 is 5.32 Å². The van der Waals surface area contributed by atoms with Gasteiger partial charge in [0.15, 0.2) is 5.82 Å². The standard InChI is InChI=1S/C18H20N4/c1-2-6-14(7-3-1)10-11-20-18-17-12-19-13-22(17)16-9-5-4-8-15(16)21-18/h4-6,8-9,12-13H,1-3,7,10-11H2,(H,20,21). The van der Waals surface area contributed by atoms with Gasteiger partial charge >= 0.3 is 0 Å². The first-order valence-electron chi connectivity index (χ1n) is 8.04. The summed E-state index contributed by atoms with van der Waals surface area (Å²) in [7, 11) is 0. The largest absolute Gasteiger partial charge is 0.368 e. The number of imidazole rings is 1. The number of nitrogens with one attached hydrogen (secondary N) is 1. The van der Waals surface area contributed by atoms with Crippen molar-refractivity contribution in [2.45, 2.75) is 32.1 Å². The Bertz CT molecular complexity index is 831. The van der Waals surface area contributed by atoms with Gasteiger partial charge in [0.1, 0.15) is 5.52 Å². The molecule has 0 saturated carbocycles. The van der Waals surface area contributed by atoms with E-state index in [0.717, 1.165) is 35.3 Å². The highest BCUT2D eigenvalue weighted by molar-refractivity contribution is 5.83. The summed E-state index contributed by atoms with van der Waals surface area (Å²) in [5.41, 5.74) is 4.71. The summed E-state index contributed by atoms with van der Waals surface area (Å²) in [4.78, 5) is 9.05. The smallest absolute Gasteiger partial charge is 0.152 e. The number of fused-ring (bicyclic) bond motifs is 3. The van der Waals surface area contributed by atoms with Crippen molar-refractivity contribution in [3.8, 4) is 0 Å². The third-order valence-electron chi connectivity index (χ3n) is 4.38. The molecule has 22 heavy (non-hydrogen) atoms. The lowest BCUT2D eigenvalue weighted by Crippen LogP contribution is -2.07. The van der Waals surface area contributed by atoms with Crippen LogP contribution >= 0.6 is 0 Å². The van der Waals surface area contributed by atoms with E-state index < -0.39 is 0 Å². The fraction of sp³-hybridized carbons (Fsp3) is 0.333. The van der Waals surface area contributed by atoms with Crippen molar-refractivity contribution >= 4 is 22.4 Å². The lowest BCUT2D eigenvalue weighted by atomic mass is 9.97. The molecular weight excluding hydrogens is 272 g/mol. The topological polar surface area (TPSA) is 42.2 Å². The number of anilines is 1. The molecule has 0 fully saturated rings. The summed E-state index contributed by atoms with van der Waals surface area (Å²) in [6.07, 6.45) is 12.4. The number of para-hydroxylation sites is 2. The molecule has 0 saturated heterocycles. The summed E-state index contributed by atoms with van der Waals surface area (Å²) in [6.45, 7) is 0.929. The van der Waals surface area contributed by atoms with Crippen LogP contribution in [0.2, 0.25) is 0 Å². The van der Waals surface area contributed by atoms with Crippen LogP contribution in [-0.2, 0) is 0 Å². The Kier molecular flexibility index (Phi) is 3.51. The Morgan fingerprint density at radius 1 is 1.14 bits per heavy atom. The van der Waals surface area contributed by atoms with Gasteiger partial charge in [-0.1, -0.05) is 23.8 Å². The summed E-state index contributed by atoms with van der Waals surface area (Å²) in [5.74, 6) is 0.924. The molecule has 112 valence electrons. The zero-order valence-corrected chi connectivity index (χ0v) is 12.6. The van der Waals surface area contributed by atoms with Gasteiger partial charge in [0.05, 0.1) is 23.6 Å². The van der Waals surface area contributed by atoms with Crippen molar-refractivity contribution in [3.63, 3.8) is 0 Å². The molecule has 2 aromatic heterocycles. The first-order valence-corrected chi connectivity index (χ1v) is 8.04. The third kappa shape index (κ3) is 2.45. The molecule has 1 N–H and O–H groups in total. The molecule has 1 aliphatic rings. The first-order chi connectivity index (χ1) is 10.9. The summed E-state index contributed by atoms with van der Waals surface area (Å²) in [5, 5.41) is 3.50. The highest BCUT2D eigenvalue weighted by atomic mass is 15.1. The molecule has 4 rings (SSSR count).